The first-order chi connectivity index (χ1) is 7.97. The van der Waals surface area contributed by atoms with Gasteiger partial charge in [-0.2, -0.15) is 5.26 Å². The molecule has 0 aromatic heterocycles. The Bertz CT molecular complexity index is 465. The molecule has 90 valence electrons. The predicted molar refractivity (Wildman–Crippen MR) is 72.2 cm³/mol. The number of nitrogens with zero attached hydrogens (tertiary/aromatic N) is 2. The van der Waals surface area contributed by atoms with Gasteiger partial charge in [0.25, 0.3) is 0 Å². The maximum Gasteiger partial charge on any atom is 0.161 e. The molecule has 0 aliphatic heterocycles. The van der Waals surface area contributed by atoms with Crippen molar-refractivity contribution in [3.8, 4) is 6.07 Å². The Hall–Kier alpha value is -1.34. The van der Waals surface area contributed by atoms with Gasteiger partial charge in [0, 0.05) is 28.8 Å². The molecular weight excluding hydrogens is 280 g/mol. The molecule has 4 heteroatoms. The van der Waals surface area contributed by atoms with E-state index in [-0.39, 0.29) is 11.8 Å². The summed E-state index contributed by atoms with van der Waals surface area (Å²) in [4.78, 5) is 13.6. The van der Waals surface area contributed by atoms with Crippen molar-refractivity contribution < 1.29 is 4.79 Å². The zero-order valence-electron chi connectivity index (χ0n) is 10.2. The van der Waals surface area contributed by atoms with Gasteiger partial charge in [-0.25, -0.2) is 0 Å². The van der Waals surface area contributed by atoms with Crippen LogP contribution in [0.4, 0.5) is 5.69 Å². The van der Waals surface area contributed by atoms with E-state index in [0.717, 1.165) is 10.2 Å². The van der Waals surface area contributed by atoms with E-state index >= 15 is 0 Å². The van der Waals surface area contributed by atoms with Crippen LogP contribution in [0, 0.1) is 11.3 Å². The Morgan fingerprint density at radius 3 is 2.76 bits per heavy atom. The first kappa shape index (κ1) is 13.7. The lowest BCUT2D eigenvalue weighted by molar-refractivity contribution is 0.101. The summed E-state index contributed by atoms with van der Waals surface area (Å²) >= 11 is 3.36. The number of ketones is 1. The van der Waals surface area contributed by atoms with E-state index in [1.807, 2.05) is 37.1 Å². The number of halogens is 1. The molecule has 1 aromatic carbocycles. The van der Waals surface area contributed by atoms with Crippen LogP contribution in [0.15, 0.2) is 22.7 Å². The van der Waals surface area contributed by atoms with Crippen LogP contribution in [0.1, 0.15) is 30.6 Å². The summed E-state index contributed by atoms with van der Waals surface area (Å²) in [5.41, 5.74) is 1.54. The number of hydrogen-bond acceptors (Lipinski definition) is 3. The van der Waals surface area contributed by atoms with E-state index in [2.05, 4.69) is 22.0 Å². The molecule has 1 rings (SSSR count). The molecule has 0 N–H and O–H groups in total. The summed E-state index contributed by atoms with van der Waals surface area (Å²) in [6.07, 6.45) is 0.434. The minimum Gasteiger partial charge on any atom is -0.370 e. The highest BCUT2D eigenvalue weighted by Crippen LogP contribution is 2.26. The second-order valence-corrected chi connectivity index (χ2v) is 4.96. The van der Waals surface area contributed by atoms with Crippen molar-refractivity contribution in [2.75, 3.05) is 11.9 Å². The Kier molecular flexibility index (Phi) is 4.71. The summed E-state index contributed by atoms with van der Waals surface area (Å²) < 4.78 is 0.882. The molecule has 0 amide bonds. The van der Waals surface area contributed by atoms with E-state index in [1.165, 1.54) is 0 Å². The number of hydrogen-bond donors (Lipinski definition) is 0. The molecule has 0 heterocycles. The third kappa shape index (κ3) is 3.31. The molecule has 0 radical (unpaired) electrons. The number of carbonyl (C=O) groups excluding carboxylic acids is 1. The third-order valence-corrected chi connectivity index (χ3v) is 3.26. The number of nitriles is 1. The molecule has 1 atom stereocenters. The Morgan fingerprint density at radius 2 is 2.24 bits per heavy atom. The molecule has 17 heavy (non-hydrogen) atoms. The maximum absolute atomic E-state index is 11.6. The van der Waals surface area contributed by atoms with E-state index in [4.69, 9.17) is 5.26 Å². The fourth-order valence-electron chi connectivity index (χ4n) is 1.60. The fourth-order valence-corrected chi connectivity index (χ4v) is 1.97. The maximum atomic E-state index is 11.6. The van der Waals surface area contributed by atoms with Crippen molar-refractivity contribution in [3.63, 3.8) is 0 Å². The van der Waals surface area contributed by atoms with Crippen molar-refractivity contribution in [1.82, 2.24) is 0 Å². The highest BCUT2D eigenvalue weighted by molar-refractivity contribution is 9.10. The Labute approximate surface area is 110 Å². The van der Waals surface area contributed by atoms with Crippen molar-refractivity contribution in [2.24, 2.45) is 0 Å². The van der Waals surface area contributed by atoms with E-state index in [0.29, 0.717) is 12.0 Å². The van der Waals surface area contributed by atoms with Crippen molar-refractivity contribution in [1.29, 1.82) is 5.26 Å². The second kappa shape index (κ2) is 5.83. The van der Waals surface area contributed by atoms with Crippen molar-refractivity contribution in [2.45, 2.75) is 26.3 Å². The molecule has 0 saturated heterocycles. The summed E-state index contributed by atoms with van der Waals surface area (Å²) in [5.74, 6) is 0.0253. The zero-order chi connectivity index (χ0) is 13.0. The number of Topliss-reactive ketones (excluding diaryl/α,β-unsaturated/α-hetero) is 1. The number of benzene rings is 1. The molecule has 1 aromatic rings. The third-order valence-electron chi connectivity index (χ3n) is 2.77. The Morgan fingerprint density at radius 1 is 1.59 bits per heavy atom. The lowest BCUT2D eigenvalue weighted by atomic mass is 10.1. The minimum atomic E-state index is 0.0253. The van der Waals surface area contributed by atoms with Gasteiger partial charge in [-0.05, 0) is 32.0 Å². The van der Waals surface area contributed by atoms with Crippen LogP contribution in [-0.2, 0) is 0 Å². The molecule has 1 unspecified atom stereocenters. The number of anilines is 1. The molecule has 0 bridgehead atoms. The van der Waals surface area contributed by atoms with Gasteiger partial charge in [-0.1, -0.05) is 15.9 Å². The molecule has 0 saturated carbocycles. The highest BCUT2D eigenvalue weighted by Gasteiger charge is 2.15. The van der Waals surface area contributed by atoms with Gasteiger partial charge in [-0.3, -0.25) is 4.79 Å². The first-order valence-electron chi connectivity index (χ1n) is 5.37. The van der Waals surface area contributed by atoms with Gasteiger partial charge >= 0.3 is 0 Å². The summed E-state index contributed by atoms with van der Waals surface area (Å²) in [6.45, 7) is 3.52. The van der Waals surface area contributed by atoms with Crippen LogP contribution in [0.2, 0.25) is 0 Å². The van der Waals surface area contributed by atoms with Crippen molar-refractivity contribution >= 4 is 27.4 Å². The fraction of sp³-hybridized carbons (Fsp3) is 0.385. The van der Waals surface area contributed by atoms with Gasteiger partial charge in [0.1, 0.15) is 0 Å². The molecule has 0 spiro atoms. The topological polar surface area (TPSA) is 44.1 Å². The van der Waals surface area contributed by atoms with Crippen LogP contribution in [0.25, 0.3) is 0 Å². The zero-order valence-corrected chi connectivity index (χ0v) is 11.8. The van der Waals surface area contributed by atoms with E-state index in [9.17, 15) is 4.79 Å². The quantitative estimate of drug-likeness (QED) is 0.800. The monoisotopic (exact) mass is 294 g/mol. The summed E-state index contributed by atoms with van der Waals surface area (Å²) in [6, 6.07) is 7.84. The highest BCUT2D eigenvalue weighted by atomic mass is 79.9. The average Bonchev–Trinajstić information content (AvgIpc) is 2.28. The van der Waals surface area contributed by atoms with Gasteiger partial charge in [0.05, 0.1) is 12.5 Å². The van der Waals surface area contributed by atoms with Crippen LogP contribution in [-0.4, -0.2) is 18.9 Å². The van der Waals surface area contributed by atoms with Crippen LogP contribution >= 0.6 is 15.9 Å². The smallest absolute Gasteiger partial charge is 0.161 e. The molecule has 3 nitrogen and oxygen atoms in total. The van der Waals surface area contributed by atoms with Crippen LogP contribution in [0.3, 0.4) is 0 Å². The SMILES string of the molecule is CC(=O)c1cc(Br)ccc1N(C)C(C)CC#N. The average molecular weight is 295 g/mol. The van der Waals surface area contributed by atoms with Gasteiger partial charge in [0.15, 0.2) is 5.78 Å². The lowest BCUT2D eigenvalue weighted by Crippen LogP contribution is -2.29. The number of carbonyl (C=O) groups is 1. The van der Waals surface area contributed by atoms with Gasteiger partial charge in [0.2, 0.25) is 0 Å². The molecule has 0 fully saturated rings. The van der Waals surface area contributed by atoms with Gasteiger partial charge < -0.3 is 4.90 Å². The van der Waals surface area contributed by atoms with E-state index in [1.54, 1.807) is 6.92 Å². The molecule has 0 aliphatic rings. The largest absolute Gasteiger partial charge is 0.370 e. The normalized spacial score (nSPS) is 11.7. The summed E-state index contributed by atoms with van der Waals surface area (Å²) in [5, 5.41) is 8.70. The first-order valence-corrected chi connectivity index (χ1v) is 6.17. The minimum absolute atomic E-state index is 0.0253. The second-order valence-electron chi connectivity index (χ2n) is 4.04. The molecule has 0 aliphatic carbocycles. The van der Waals surface area contributed by atoms with E-state index < -0.39 is 0 Å². The summed E-state index contributed by atoms with van der Waals surface area (Å²) in [7, 11) is 1.90. The molecular formula is C13H15BrN2O. The standard InChI is InChI=1S/C13H15BrN2O/c1-9(6-7-15)16(3)13-5-4-11(14)8-12(13)10(2)17/h4-5,8-9H,6H2,1-3H3. The number of rotatable bonds is 4. The Balaban J connectivity index is 3.13. The van der Waals surface area contributed by atoms with Crippen LogP contribution in [0.5, 0.6) is 0 Å². The lowest BCUT2D eigenvalue weighted by Gasteiger charge is -2.27. The van der Waals surface area contributed by atoms with Crippen LogP contribution < -0.4 is 4.90 Å². The van der Waals surface area contributed by atoms with Gasteiger partial charge in [-0.15, -0.1) is 0 Å². The van der Waals surface area contributed by atoms with Crippen molar-refractivity contribution in [3.05, 3.63) is 28.2 Å². The predicted octanol–water partition coefficient (Wildman–Crippen LogP) is 3.39.